The molecule has 2 rings (SSSR count). The fourth-order valence-electron chi connectivity index (χ4n) is 1.87. The van der Waals surface area contributed by atoms with E-state index in [4.69, 9.17) is 0 Å². The summed E-state index contributed by atoms with van der Waals surface area (Å²) < 4.78 is 13.6. The van der Waals surface area contributed by atoms with Gasteiger partial charge in [0.1, 0.15) is 11.6 Å². The van der Waals surface area contributed by atoms with E-state index in [1.54, 1.807) is 12.1 Å². The summed E-state index contributed by atoms with van der Waals surface area (Å²) in [6.45, 7) is 6.88. The first-order valence-corrected chi connectivity index (χ1v) is 7.97. The van der Waals surface area contributed by atoms with Crippen LogP contribution in [0.2, 0.25) is 0 Å². The Bertz CT molecular complexity index is 602. The van der Waals surface area contributed by atoms with E-state index in [2.05, 4.69) is 29.1 Å². The van der Waals surface area contributed by atoms with Crippen LogP contribution >= 0.6 is 11.8 Å². The van der Waals surface area contributed by atoms with Crippen molar-refractivity contribution in [3.63, 3.8) is 0 Å². The summed E-state index contributed by atoms with van der Waals surface area (Å²) in [6.07, 6.45) is 0. The van der Waals surface area contributed by atoms with E-state index in [0.717, 1.165) is 23.8 Å². The lowest BCUT2D eigenvalue weighted by Crippen LogP contribution is -2.22. The first kappa shape index (κ1) is 15.9. The third-order valence-corrected chi connectivity index (χ3v) is 3.88. The summed E-state index contributed by atoms with van der Waals surface area (Å²) in [5.74, 6) is 1.11. The standard InChI is InChI=1S/C16H20FN3S/c1-11(2)18-9-13-8-12(3)19-16(20-13)10-21-15-7-5-4-6-14(15)17/h4-8,11,18H,9-10H2,1-3H3. The van der Waals surface area contributed by atoms with Gasteiger partial charge in [0.15, 0.2) is 0 Å². The van der Waals surface area contributed by atoms with Crippen LogP contribution in [0, 0.1) is 12.7 Å². The molecule has 0 bridgehead atoms. The molecule has 0 saturated heterocycles. The van der Waals surface area contributed by atoms with Crippen molar-refractivity contribution in [1.29, 1.82) is 0 Å². The molecule has 1 heterocycles. The highest BCUT2D eigenvalue weighted by Crippen LogP contribution is 2.24. The molecule has 0 unspecified atom stereocenters. The molecule has 21 heavy (non-hydrogen) atoms. The van der Waals surface area contributed by atoms with Crippen LogP contribution in [0.1, 0.15) is 31.1 Å². The van der Waals surface area contributed by atoms with Crippen LogP contribution in [0.3, 0.4) is 0 Å². The quantitative estimate of drug-likeness (QED) is 0.826. The first-order chi connectivity index (χ1) is 10.0. The Balaban J connectivity index is 2.04. The Hall–Kier alpha value is -1.46. The van der Waals surface area contributed by atoms with E-state index >= 15 is 0 Å². The summed E-state index contributed by atoms with van der Waals surface area (Å²) in [5, 5.41) is 3.34. The van der Waals surface area contributed by atoms with Crippen LogP contribution in [0.15, 0.2) is 35.2 Å². The molecule has 0 fully saturated rings. The highest BCUT2D eigenvalue weighted by molar-refractivity contribution is 7.98. The fraction of sp³-hybridized carbons (Fsp3) is 0.375. The molecule has 0 aliphatic carbocycles. The van der Waals surface area contributed by atoms with E-state index in [0.29, 0.717) is 16.7 Å². The van der Waals surface area contributed by atoms with E-state index < -0.39 is 0 Å². The lowest BCUT2D eigenvalue weighted by Gasteiger charge is -2.09. The molecule has 1 N–H and O–H groups in total. The van der Waals surface area contributed by atoms with E-state index in [1.165, 1.54) is 17.8 Å². The minimum Gasteiger partial charge on any atom is -0.309 e. The Morgan fingerprint density at radius 1 is 1.24 bits per heavy atom. The van der Waals surface area contributed by atoms with Crippen molar-refractivity contribution in [2.45, 2.75) is 44.0 Å². The Morgan fingerprint density at radius 2 is 2.00 bits per heavy atom. The van der Waals surface area contributed by atoms with Crippen LogP contribution < -0.4 is 5.32 Å². The van der Waals surface area contributed by atoms with Gasteiger partial charge in [-0.3, -0.25) is 0 Å². The van der Waals surface area contributed by atoms with Crippen LogP contribution in [0.5, 0.6) is 0 Å². The largest absolute Gasteiger partial charge is 0.309 e. The fourth-order valence-corrected chi connectivity index (χ4v) is 2.66. The molecule has 2 aromatic rings. The average Bonchev–Trinajstić information content (AvgIpc) is 2.44. The maximum atomic E-state index is 13.6. The van der Waals surface area contributed by atoms with Gasteiger partial charge >= 0.3 is 0 Å². The molecule has 0 aliphatic rings. The zero-order valence-electron chi connectivity index (χ0n) is 12.6. The van der Waals surface area contributed by atoms with Crippen molar-refractivity contribution in [1.82, 2.24) is 15.3 Å². The SMILES string of the molecule is Cc1cc(CNC(C)C)nc(CSc2ccccc2F)n1. The van der Waals surface area contributed by atoms with Gasteiger partial charge in [-0.05, 0) is 25.1 Å². The van der Waals surface area contributed by atoms with Gasteiger partial charge in [0.25, 0.3) is 0 Å². The van der Waals surface area contributed by atoms with Crippen molar-refractivity contribution in [3.05, 3.63) is 53.4 Å². The summed E-state index contributed by atoms with van der Waals surface area (Å²) in [5.41, 5.74) is 1.91. The van der Waals surface area contributed by atoms with Gasteiger partial charge in [0.2, 0.25) is 0 Å². The normalized spacial score (nSPS) is 11.1. The number of aromatic nitrogens is 2. The van der Waals surface area contributed by atoms with Gasteiger partial charge < -0.3 is 5.32 Å². The molecule has 0 saturated carbocycles. The number of nitrogens with one attached hydrogen (secondary N) is 1. The van der Waals surface area contributed by atoms with Crippen LogP contribution in [-0.2, 0) is 12.3 Å². The van der Waals surface area contributed by atoms with Crippen LogP contribution in [0.25, 0.3) is 0 Å². The Morgan fingerprint density at radius 3 is 2.71 bits per heavy atom. The number of hydrogen-bond acceptors (Lipinski definition) is 4. The summed E-state index contributed by atoms with van der Waals surface area (Å²) in [7, 11) is 0. The number of benzene rings is 1. The molecular weight excluding hydrogens is 285 g/mol. The zero-order valence-corrected chi connectivity index (χ0v) is 13.4. The van der Waals surface area contributed by atoms with Crippen molar-refractivity contribution in [2.75, 3.05) is 0 Å². The third kappa shape index (κ3) is 5.10. The molecule has 0 amide bonds. The third-order valence-electron chi connectivity index (χ3n) is 2.84. The van der Waals surface area contributed by atoms with Gasteiger partial charge in [-0.25, -0.2) is 14.4 Å². The Kier molecular flexibility index (Phi) is 5.70. The van der Waals surface area contributed by atoms with Crippen molar-refractivity contribution in [3.8, 4) is 0 Å². The highest BCUT2D eigenvalue weighted by atomic mass is 32.2. The smallest absolute Gasteiger partial charge is 0.139 e. The molecule has 1 aromatic heterocycles. The number of halogens is 1. The maximum Gasteiger partial charge on any atom is 0.139 e. The predicted octanol–water partition coefficient (Wildman–Crippen LogP) is 3.71. The zero-order chi connectivity index (χ0) is 15.2. The molecule has 112 valence electrons. The second kappa shape index (κ2) is 7.52. The first-order valence-electron chi connectivity index (χ1n) is 6.98. The molecular formula is C16H20FN3S. The number of nitrogens with zero attached hydrogens (tertiary/aromatic N) is 2. The molecule has 0 atom stereocenters. The van der Waals surface area contributed by atoms with E-state index in [9.17, 15) is 4.39 Å². The molecule has 0 spiro atoms. The molecule has 3 nitrogen and oxygen atoms in total. The second-order valence-electron chi connectivity index (χ2n) is 5.17. The monoisotopic (exact) mass is 305 g/mol. The lowest BCUT2D eigenvalue weighted by molar-refractivity contribution is 0.579. The molecule has 1 aromatic carbocycles. The number of rotatable bonds is 6. The van der Waals surface area contributed by atoms with Crippen molar-refractivity contribution >= 4 is 11.8 Å². The minimum absolute atomic E-state index is 0.197. The topological polar surface area (TPSA) is 37.8 Å². The van der Waals surface area contributed by atoms with Gasteiger partial charge in [-0.2, -0.15) is 0 Å². The van der Waals surface area contributed by atoms with Crippen LogP contribution in [0.4, 0.5) is 4.39 Å². The second-order valence-corrected chi connectivity index (χ2v) is 6.19. The molecule has 0 radical (unpaired) electrons. The molecule has 5 heteroatoms. The van der Waals surface area contributed by atoms with Gasteiger partial charge in [-0.1, -0.05) is 26.0 Å². The molecule has 0 aliphatic heterocycles. The number of thioether (sulfide) groups is 1. The summed E-state index contributed by atoms with van der Waals surface area (Å²) in [4.78, 5) is 9.59. The maximum absolute atomic E-state index is 13.6. The van der Waals surface area contributed by atoms with E-state index in [1.807, 2.05) is 19.1 Å². The Labute approximate surface area is 129 Å². The highest BCUT2D eigenvalue weighted by Gasteiger charge is 2.06. The number of hydrogen-bond donors (Lipinski definition) is 1. The van der Waals surface area contributed by atoms with Gasteiger partial charge in [-0.15, -0.1) is 11.8 Å². The number of aryl methyl sites for hydroxylation is 1. The van der Waals surface area contributed by atoms with E-state index in [-0.39, 0.29) is 5.82 Å². The van der Waals surface area contributed by atoms with Gasteiger partial charge in [0.05, 0.1) is 11.4 Å². The van der Waals surface area contributed by atoms with Gasteiger partial charge in [0, 0.05) is 23.2 Å². The van der Waals surface area contributed by atoms with Crippen molar-refractivity contribution in [2.24, 2.45) is 0 Å². The minimum atomic E-state index is -0.197. The average molecular weight is 305 g/mol. The van der Waals surface area contributed by atoms with Crippen molar-refractivity contribution < 1.29 is 4.39 Å². The summed E-state index contributed by atoms with van der Waals surface area (Å²) >= 11 is 1.42. The predicted molar refractivity (Wildman–Crippen MR) is 84.7 cm³/mol. The van der Waals surface area contributed by atoms with Crippen LogP contribution in [-0.4, -0.2) is 16.0 Å². The summed E-state index contributed by atoms with van der Waals surface area (Å²) in [6, 6.07) is 9.16. The lowest BCUT2D eigenvalue weighted by atomic mass is 10.3.